The van der Waals surface area contributed by atoms with E-state index in [9.17, 15) is 32.7 Å². The second-order valence-electron chi connectivity index (χ2n) is 5.42. The molecule has 0 unspecified atom stereocenters. The van der Waals surface area contributed by atoms with E-state index < -0.39 is 34.5 Å². The molecular formula is C18H10F3NO4S. The molecule has 0 spiro atoms. The van der Waals surface area contributed by atoms with E-state index in [4.69, 9.17) is 0 Å². The molecule has 2 aromatic rings. The summed E-state index contributed by atoms with van der Waals surface area (Å²) >= 11 is 0.449. The number of nitrogens with zero attached hydrogens (tertiary/aromatic N) is 1. The Bertz CT molecular complexity index is 985. The molecular weight excluding hydrogens is 383 g/mol. The number of alkyl halides is 3. The quantitative estimate of drug-likeness (QED) is 0.769. The average molecular weight is 393 g/mol. The van der Waals surface area contributed by atoms with E-state index >= 15 is 0 Å². The number of carboxylic acids is 1. The van der Waals surface area contributed by atoms with Gasteiger partial charge in [0.2, 0.25) is 0 Å². The van der Waals surface area contributed by atoms with E-state index in [-0.39, 0.29) is 16.0 Å². The van der Waals surface area contributed by atoms with Gasteiger partial charge in [0.15, 0.2) is 0 Å². The molecule has 0 atom stereocenters. The van der Waals surface area contributed by atoms with Gasteiger partial charge in [-0.1, -0.05) is 30.3 Å². The zero-order chi connectivity index (χ0) is 19.8. The van der Waals surface area contributed by atoms with Crippen molar-refractivity contribution in [2.45, 2.75) is 6.18 Å². The van der Waals surface area contributed by atoms with Crippen molar-refractivity contribution >= 4 is 40.6 Å². The van der Waals surface area contributed by atoms with Crippen molar-refractivity contribution in [2.75, 3.05) is 4.90 Å². The highest BCUT2D eigenvalue weighted by Crippen LogP contribution is 2.42. The van der Waals surface area contributed by atoms with Crippen molar-refractivity contribution < 1.29 is 32.7 Å². The summed E-state index contributed by atoms with van der Waals surface area (Å²) in [6.07, 6.45) is -3.56. The maximum absolute atomic E-state index is 13.2. The van der Waals surface area contributed by atoms with Crippen LogP contribution < -0.4 is 4.90 Å². The number of anilines is 1. The zero-order valence-corrected chi connectivity index (χ0v) is 14.2. The number of benzene rings is 2. The van der Waals surface area contributed by atoms with Crippen LogP contribution in [0.2, 0.25) is 0 Å². The van der Waals surface area contributed by atoms with Crippen LogP contribution in [0.1, 0.15) is 21.5 Å². The van der Waals surface area contributed by atoms with Gasteiger partial charge in [0.25, 0.3) is 11.1 Å². The Morgan fingerprint density at radius 1 is 1.04 bits per heavy atom. The summed E-state index contributed by atoms with van der Waals surface area (Å²) in [6.45, 7) is 0. The Hall–Kier alpha value is -3.07. The molecule has 1 N–H and O–H groups in total. The molecule has 27 heavy (non-hydrogen) atoms. The number of aromatic carboxylic acids is 1. The van der Waals surface area contributed by atoms with Crippen molar-refractivity contribution in [3.05, 3.63) is 70.1 Å². The Morgan fingerprint density at radius 2 is 1.67 bits per heavy atom. The van der Waals surface area contributed by atoms with Gasteiger partial charge in [-0.25, -0.2) is 9.69 Å². The number of carbonyl (C=O) groups excluding carboxylic acids is 2. The fourth-order valence-corrected chi connectivity index (χ4v) is 3.37. The lowest BCUT2D eigenvalue weighted by Crippen LogP contribution is -2.30. The molecule has 138 valence electrons. The van der Waals surface area contributed by atoms with Crippen LogP contribution in [0, 0.1) is 0 Å². The number of amides is 2. The van der Waals surface area contributed by atoms with E-state index in [2.05, 4.69) is 0 Å². The molecule has 2 amide bonds. The molecule has 0 bridgehead atoms. The standard InChI is InChI=1S/C18H10F3NO4S/c19-18(20,21)12-7-3-4-8-13(12)22-15(23)14(27-17(22)26)9-10-5-1-2-6-11(10)16(24)25/h1-9H,(H,24,25)/b14-9+. The predicted molar refractivity (Wildman–Crippen MR) is 93.3 cm³/mol. The molecule has 5 nitrogen and oxygen atoms in total. The van der Waals surface area contributed by atoms with E-state index in [1.165, 1.54) is 30.3 Å². The van der Waals surface area contributed by atoms with Crippen molar-refractivity contribution in [3.63, 3.8) is 0 Å². The molecule has 1 heterocycles. The molecule has 3 rings (SSSR count). The van der Waals surface area contributed by atoms with Crippen LogP contribution in [0.3, 0.4) is 0 Å². The SMILES string of the molecule is O=C(O)c1ccccc1/C=C1/SC(=O)N(c2ccccc2C(F)(F)F)C1=O. The number of imide groups is 1. The predicted octanol–water partition coefficient (Wildman–Crippen LogP) is 4.64. The van der Waals surface area contributed by atoms with Crippen molar-refractivity contribution in [1.82, 2.24) is 0 Å². The third-order valence-corrected chi connectivity index (χ3v) is 4.59. The fraction of sp³-hybridized carbons (Fsp3) is 0.0556. The summed E-state index contributed by atoms with van der Waals surface area (Å²) in [4.78, 5) is 36.4. The summed E-state index contributed by atoms with van der Waals surface area (Å²) < 4.78 is 39.6. The lowest BCUT2D eigenvalue weighted by atomic mass is 10.1. The van der Waals surface area contributed by atoms with E-state index in [1.54, 1.807) is 6.07 Å². The molecule has 0 saturated carbocycles. The normalized spacial score (nSPS) is 16.3. The lowest BCUT2D eigenvalue weighted by molar-refractivity contribution is -0.137. The molecule has 1 fully saturated rings. The van der Waals surface area contributed by atoms with Gasteiger partial charge >= 0.3 is 12.1 Å². The van der Waals surface area contributed by atoms with Gasteiger partial charge in [-0.05, 0) is 41.6 Å². The minimum Gasteiger partial charge on any atom is -0.478 e. The average Bonchev–Trinajstić information content (AvgIpc) is 2.88. The maximum atomic E-state index is 13.2. The van der Waals surface area contributed by atoms with Gasteiger partial charge in [-0.2, -0.15) is 13.2 Å². The van der Waals surface area contributed by atoms with Crippen LogP contribution in [0.4, 0.5) is 23.7 Å². The van der Waals surface area contributed by atoms with E-state index in [0.717, 1.165) is 18.2 Å². The Labute approximate surface area is 155 Å². The monoisotopic (exact) mass is 393 g/mol. The molecule has 1 saturated heterocycles. The molecule has 0 aromatic heterocycles. The summed E-state index contributed by atoms with van der Waals surface area (Å²) in [5.74, 6) is -2.18. The third kappa shape index (κ3) is 3.59. The number of carboxylic acid groups (broad SMARTS) is 1. The van der Waals surface area contributed by atoms with E-state index in [0.29, 0.717) is 16.7 Å². The summed E-state index contributed by atoms with van der Waals surface area (Å²) in [6, 6.07) is 10.0. The van der Waals surface area contributed by atoms with Gasteiger partial charge in [0, 0.05) is 0 Å². The van der Waals surface area contributed by atoms with Crippen LogP contribution in [-0.4, -0.2) is 22.2 Å². The molecule has 1 aliphatic rings. The Kier molecular flexibility index (Phi) is 4.79. The highest BCUT2D eigenvalue weighted by atomic mass is 32.2. The van der Waals surface area contributed by atoms with Crippen LogP contribution in [0.5, 0.6) is 0 Å². The van der Waals surface area contributed by atoms with Crippen LogP contribution in [0.25, 0.3) is 6.08 Å². The van der Waals surface area contributed by atoms with Gasteiger partial charge in [-0.3, -0.25) is 9.59 Å². The van der Waals surface area contributed by atoms with Crippen LogP contribution in [-0.2, 0) is 11.0 Å². The first-order valence-electron chi connectivity index (χ1n) is 7.46. The molecule has 9 heteroatoms. The van der Waals surface area contributed by atoms with Gasteiger partial charge in [-0.15, -0.1) is 0 Å². The van der Waals surface area contributed by atoms with Gasteiger partial charge in [0.05, 0.1) is 21.7 Å². The lowest BCUT2D eigenvalue weighted by Gasteiger charge is -2.18. The second-order valence-corrected chi connectivity index (χ2v) is 6.42. The minimum absolute atomic E-state index is 0.0972. The number of hydrogen-bond acceptors (Lipinski definition) is 4. The first kappa shape index (κ1) is 18.7. The van der Waals surface area contributed by atoms with Crippen molar-refractivity contribution in [3.8, 4) is 0 Å². The molecule has 2 aromatic carbocycles. The first-order valence-corrected chi connectivity index (χ1v) is 8.28. The first-order chi connectivity index (χ1) is 12.7. The molecule has 1 aliphatic heterocycles. The number of carbonyl (C=O) groups is 3. The van der Waals surface area contributed by atoms with Crippen molar-refractivity contribution in [1.29, 1.82) is 0 Å². The number of thioether (sulfide) groups is 1. The number of halogens is 3. The minimum atomic E-state index is -4.75. The number of rotatable bonds is 3. The Morgan fingerprint density at radius 3 is 2.33 bits per heavy atom. The van der Waals surface area contributed by atoms with Gasteiger partial charge in [0.1, 0.15) is 0 Å². The van der Waals surface area contributed by atoms with Crippen LogP contribution in [0.15, 0.2) is 53.4 Å². The van der Waals surface area contributed by atoms with Crippen LogP contribution >= 0.6 is 11.8 Å². The second kappa shape index (κ2) is 6.92. The highest BCUT2D eigenvalue weighted by Gasteiger charge is 2.42. The molecule has 0 radical (unpaired) electrons. The van der Waals surface area contributed by atoms with Gasteiger partial charge < -0.3 is 5.11 Å². The summed E-state index contributed by atoms with van der Waals surface area (Å²) in [5, 5.41) is 8.30. The summed E-state index contributed by atoms with van der Waals surface area (Å²) in [5.41, 5.74) is -1.61. The topological polar surface area (TPSA) is 74.7 Å². The third-order valence-electron chi connectivity index (χ3n) is 3.72. The summed E-state index contributed by atoms with van der Waals surface area (Å²) in [7, 11) is 0. The Balaban J connectivity index is 2.04. The highest BCUT2D eigenvalue weighted by molar-refractivity contribution is 8.19. The largest absolute Gasteiger partial charge is 0.478 e. The van der Waals surface area contributed by atoms with Crippen molar-refractivity contribution in [2.24, 2.45) is 0 Å². The zero-order valence-electron chi connectivity index (χ0n) is 13.4. The number of hydrogen-bond donors (Lipinski definition) is 1. The smallest absolute Gasteiger partial charge is 0.418 e. The maximum Gasteiger partial charge on any atom is 0.418 e. The van der Waals surface area contributed by atoms with E-state index in [1.807, 2.05) is 0 Å². The number of para-hydroxylation sites is 1. The fourth-order valence-electron chi connectivity index (χ4n) is 2.54. The molecule has 0 aliphatic carbocycles.